The summed E-state index contributed by atoms with van der Waals surface area (Å²) in [6.45, 7) is 9.07. The quantitative estimate of drug-likeness (QED) is 0.883. The first kappa shape index (κ1) is 15.0. The number of hydrogen-bond acceptors (Lipinski definition) is 3. The lowest BCUT2D eigenvalue weighted by molar-refractivity contribution is 0.390. The van der Waals surface area contributed by atoms with Crippen molar-refractivity contribution in [2.24, 2.45) is 10.6 Å². The van der Waals surface area contributed by atoms with Gasteiger partial charge in [-0.15, -0.1) is 0 Å². The SMILES string of the molecule is Cc1c(NCCC(C)(C)C)cccc1S(N)(=O)=O. The van der Waals surface area contributed by atoms with E-state index in [1.165, 1.54) is 6.07 Å². The van der Waals surface area contributed by atoms with Crippen molar-refractivity contribution < 1.29 is 8.42 Å². The second-order valence-electron chi connectivity index (χ2n) is 5.71. The summed E-state index contributed by atoms with van der Waals surface area (Å²) in [7, 11) is -3.65. The second kappa shape index (κ2) is 5.28. The summed E-state index contributed by atoms with van der Waals surface area (Å²) in [5, 5.41) is 8.43. The van der Waals surface area contributed by atoms with Crippen LogP contribution in [0.25, 0.3) is 0 Å². The molecule has 0 unspecified atom stereocenters. The Bertz CT molecular complexity index is 516. The Morgan fingerprint density at radius 2 is 1.89 bits per heavy atom. The van der Waals surface area contributed by atoms with Crippen molar-refractivity contribution in [3.8, 4) is 0 Å². The normalized spacial score (nSPS) is 12.5. The molecule has 0 aliphatic rings. The standard InChI is InChI=1S/C13H22N2O2S/c1-10-11(15-9-8-13(2,3)4)6-5-7-12(10)18(14,16)17/h5-7,15H,8-9H2,1-4H3,(H2,14,16,17). The molecular formula is C13H22N2O2S. The monoisotopic (exact) mass is 270 g/mol. The smallest absolute Gasteiger partial charge is 0.238 e. The molecule has 5 heteroatoms. The van der Waals surface area contributed by atoms with Crippen LogP contribution >= 0.6 is 0 Å². The van der Waals surface area contributed by atoms with Crippen LogP contribution in [-0.4, -0.2) is 15.0 Å². The molecule has 3 N–H and O–H groups in total. The van der Waals surface area contributed by atoms with E-state index in [9.17, 15) is 8.42 Å². The summed E-state index contributed by atoms with van der Waals surface area (Å²) < 4.78 is 22.8. The molecular weight excluding hydrogens is 248 g/mol. The number of primary sulfonamides is 1. The Balaban J connectivity index is 2.86. The molecule has 18 heavy (non-hydrogen) atoms. The fourth-order valence-corrected chi connectivity index (χ4v) is 2.49. The van der Waals surface area contributed by atoms with Crippen LogP contribution in [0.2, 0.25) is 0 Å². The van der Waals surface area contributed by atoms with Crippen molar-refractivity contribution in [2.75, 3.05) is 11.9 Å². The van der Waals surface area contributed by atoms with E-state index in [-0.39, 0.29) is 10.3 Å². The molecule has 0 aliphatic heterocycles. The van der Waals surface area contributed by atoms with Gasteiger partial charge in [0.1, 0.15) is 0 Å². The van der Waals surface area contributed by atoms with Crippen LogP contribution < -0.4 is 10.5 Å². The zero-order valence-electron chi connectivity index (χ0n) is 11.4. The highest BCUT2D eigenvalue weighted by Crippen LogP contribution is 2.23. The van der Waals surface area contributed by atoms with E-state index in [1.807, 2.05) is 6.07 Å². The topological polar surface area (TPSA) is 72.2 Å². The zero-order valence-corrected chi connectivity index (χ0v) is 12.3. The molecule has 4 nitrogen and oxygen atoms in total. The number of benzene rings is 1. The van der Waals surface area contributed by atoms with Gasteiger partial charge in [-0.3, -0.25) is 0 Å². The van der Waals surface area contributed by atoms with E-state index in [0.29, 0.717) is 5.56 Å². The fraction of sp³-hybridized carbons (Fsp3) is 0.538. The number of sulfonamides is 1. The number of hydrogen-bond donors (Lipinski definition) is 2. The second-order valence-corrected chi connectivity index (χ2v) is 7.24. The predicted molar refractivity (Wildman–Crippen MR) is 75.1 cm³/mol. The van der Waals surface area contributed by atoms with Crippen molar-refractivity contribution in [3.05, 3.63) is 23.8 Å². The maximum absolute atomic E-state index is 11.4. The first-order chi connectivity index (χ1) is 8.11. The summed E-state index contributed by atoms with van der Waals surface area (Å²) in [5.41, 5.74) is 1.75. The third-order valence-electron chi connectivity index (χ3n) is 2.78. The molecule has 1 rings (SSSR count). The van der Waals surface area contributed by atoms with Crippen LogP contribution in [0.1, 0.15) is 32.8 Å². The fourth-order valence-electron chi connectivity index (χ4n) is 1.69. The minimum Gasteiger partial charge on any atom is -0.385 e. The highest BCUT2D eigenvalue weighted by atomic mass is 32.2. The Hall–Kier alpha value is -1.07. The molecule has 0 bridgehead atoms. The number of anilines is 1. The lowest BCUT2D eigenvalue weighted by Gasteiger charge is -2.19. The molecule has 0 aromatic heterocycles. The van der Waals surface area contributed by atoms with E-state index in [4.69, 9.17) is 5.14 Å². The Labute approximate surface area is 110 Å². The number of nitrogens with two attached hydrogens (primary N) is 1. The van der Waals surface area contributed by atoms with Gasteiger partial charge in [-0.25, -0.2) is 13.6 Å². The summed E-state index contributed by atoms with van der Waals surface area (Å²) in [5.74, 6) is 0. The predicted octanol–water partition coefficient (Wildman–Crippen LogP) is 2.49. The van der Waals surface area contributed by atoms with Gasteiger partial charge in [0.15, 0.2) is 0 Å². The summed E-state index contributed by atoms with van der Waals surface area (Å²) >= 11 is 0. The van der Waals surface area contributed by atoms with Crippen LogP contribution in [0, 0.1) is 12.3 Å². The third-order valence-corrected chi connectivity index (χ3v) is 3.84. The van der Waals surface area contributed by atoms with Gasteiger partial charge in [-0.1, -0.05) is 26.8 Å². The van der Waals surface area contributed by atoms with Gasteiger partial charge in [0, 0.05) is 12.2 Å². The molecule has 0 fully saturated rings. The van der Waals surface area contributed by atoms with Crippen LogP contribution in [-0.2, 0) is 10.0 Å². The Morgan fingerprint density at radius 3 is 2.39 bits per heavy atom. The maximum atomic E-state index is 11.4. The largest absolute Gasteiger partial charge is 0.385 e. The molecule has 0 saturated heterocycles. The van der Waals surface area contributed by atoms with E-state index in [2.05, 4.69) is 26.1 Å². The highest BCUT2D eigenvalue weighted by molar-refractivity contribution is 7.89. The van der Waals surface area contributed by atoms with E-state index in [1.54, 1.807) is 13.0 Å². The van der Waals surface area contributed by atoms with E-state index in [0.717, 1.165) is 18.7 Å². The highest BCUT2D eigenvalue weighted by Gasteiger charge is 2.14. The Kier molecular flexibility index (Phi) is 4.40. The molecule has 1 aromatic rings. The molecule has 0 radical (unpaired) electrons. The van der Waals surface area contributed by atoms with E-state index < -0.39 is 10.0 Å². The first-order valence-corrected chi connectivity index (χ1v) is 7.52. The van der Waals surface area contributed by atoms with Gasteiger partial charge in [0.05, 0.1) is 4.90 Å². The lowest BCUT2D eigenvalue weighted by Crippen LogP contribution is -2.16. The van der Waals surface area contributed by atoms with Crippen molar-refractivity contribution in [2.45, 2.75) is 39.0 Å². The molecule has 0 atom stereocenters. The molecule has 0 spiro atoms. The van der Waals surface area contributed by atoms with Crippen LogP contribution in [0.5, 0.6) is 0 Å². The minimum atomic E-state index is -3.65. The minimum absolute atomic E-state index is 0.184. The molecule has 102 valence electrons. The Morgan fingerprint density at radius 1 is 1.28 bits per heavy atom. The molecule has 0 aliphatic carbocycles. The first-order valence-electron chi connectivity index (χ1n) is 5.97. The van der Waals surface area contributed by atoms with Crippen LogP contribution in [0.3, 0.4) is 0 Å². The maximum Gasteiger partial charge on any atom is 0.238 e. The van der Waals surface area contributed by atoms with Crippen molar-refractivity contribution in [1.82, 2.24) is 0 Å². The third kappa shape index (κ3) is 4.31. The zero-order chi connectivity index (χ0) is 14.0. The summed E-state index contributed by atoms with van der Waals surface area (Å²) in [6, 6.07) is 5.10. The summed E-state index contributed by atoms with van der Waals surface area (Å²) in [4.78, 5) is 0.184. The average Bonchev–Trinajstić information content (AvgIpc) is 2.17. The molecule has 0 saturated carbocycles. The van der Waals surface area contributed by atoms with Crippen molar-refractivity contribution in [1.29, 1.82) is 0 Å². The van der Waals surface area contributed by atoms with Crippen molar-refractivity contribution >= 4 is 15.7 Å². The lowest BCUT2D eigenvalue weighted by atomic mass is 9.92. The van der Waals surface area contributed by atoms with Crippen molar-refractivity contribution in [3.63, 3.8) is 0 Å². The number of nitrogens with one attached hydrogen (secondary N) is 1. The van der Waals surface area contributed by atoms with Gasteiger partial charge in [0.25, 0.3) is 0 Å². The van der Waals surface area contributed by atoms with Gasteiger partial charge >= 0.3 is 0 Å². The van der Waals surface area contributed by atoms with Gasteiger partial charge < -0.3 is 5.32 Å². The average molecular weight is 270 g/mol. The molecule has 0 heterocycles. The summed E-state index contributed by atoms with van der Waals surface area (Å²) in [6.07, 6.45) is 1.01. The van der Waals surface area contributed by atoms with Gasteiger partial charge in [0.2, 0.25) is 10.0 Å². The van der Waals surface area contributed by atoms with Crippen LogP contribution in [0.4, 0.5) is 5.69 Å². The van der Waals surface area contributed by atoms with Crippen LogP contribution in [0.15, 0.2) is 23.1 Å². The number of rotatable bonds is 4. The molecule has 0 amide bonds. The van der Waals surface area contributed by atoms with Gasteiger partial charge in [-0.2, -0.15) is 0 Å². The van der Waals surface area contributed by atoms with Gasteiger partial charge in [-0.05, 0) is 36.5 Å². The molecule has 1 aromatic carbocycles. The van der Waals surface area contributed by atoms with E-state index >= 15 is 0 Å².